The van der Waals surface area contributed by atoms with Gasteiger partial charge in [0.2, 0.25) is 5.91 Å². The molecule has 1 heterocycles. The maximum atomic E-state index is 12.6. The normalized spacial score (nSPS) is 16.2. The molecule has 0 aromatic heterocycles. The molecule has 1 N–H and O–H groups in total. The molecule has 1 aliphatic heterocycles. The lowest BCUT2D eigenvalue weighted by molar-refractivity contribution is -0.384. The largest absolute Gasteiger partial charge is 0.343 e. The molecule has 0 aliphatic carbocycles. The van der Waals surface area contributed by atoms with Crippen molar-refractivity contribution in [1.82, 2.24) is 10.2 Å². The number of amides is 2. The predicted octanol–water partition coefficient (Wildman–Crippen LogP) is 3.34. The molecule has 1 fully saturated rings. The van der Waals surface area contributed by atoms with Crippen molar-refractivity contribution in [2.75, 3.05) is 13.1 Å². The lowest BCUT2D eigenvalue weighted by atomic mass is 10.0. The van der Waals surface area contributed by atoms with Gasteiger partial charge in [-0.1, -0.05) is 29.8 Å². The summed E-state index contributed by atoms with van der Waals surface area (Å²) in [5.74, 6) is -0.708. The maximum Gasteiger partial charge on any atom is 0.270 e. The molecule has 0 bridgehead atoms. The fourth-order valence-electron chi connectivity index (χ4n) is 3.22. The number of hydrogen-bond donors (Lipinski definition) is 1. The van der Waals surface area contributed by atoms with Crippen LogP contribution in [0, 0.1) is 10.1 Å². The summed E-state index contributed by atoms with van der Waals surface area (Å²) in [6.07, 6.45) is 1.74. The molecule has 1 saturated heterocycles. The quantitative estimate of drug-likeness (QED) is 0.629. The van der Waals surface area contributed by atoms with Crippen LogP contribution in [0.25, 0.3) is 0 Å². The molecule has 2 aromatic rings. The van der Waals surface area contributed by atoms with Gasteiger partial charge in [0.25, 0.3) is 11.6 Å². The van der Waals surface area contributed by atoms with Gasteiger partial charge < -0.3 is 10.2 Å². The third-order valence-corrected chi connectivity index (χ3v) is 4.80. The van der Waals surface area contributed by atoms with Crippen LogP contribution in [0.5, 0.6) is 0 Å². The Balaban J connectivity index is 1.63. The third-order valence-electron chi connectivity index (χ3n) is 4.55. The second kappa shape index (κ2) is 8.18. The number of benzene rings is 2. The minimum absolute atomic E-state index is 0.0375. The summed E-state index contributed by atoms with van der Waals surface area (Å²) < 4.78 is 0. The average Bonchev–Trinajstić information content (AvgIpc) is 3.16. The van der Waals surface area contributed by atoms with Crippen LogP contribution in [-0.2, 0) is 4.79 Å². The van der Waals surface area contributed by atoms with Crippen LogP contribution in [0.15, 0.2) is 48.5 Å². The van der Waals surface area contributed by atoms with Crippen LogP contribution in [-0.4, -0.2) is 34.7 Å². The Bertz CT molecular complexity index is 870. The van der Waals surface area contributed by atoms with Crippen LogP contribution in [0.2, 0.25) is 5.02 Å². The number of nitro groups is 1. The Hall–Kier alpha value is -2.93. The molecule has 1 aliphatic rings. The molecule has 1 unspecified atom stereocenters. The lowest BCUT2D eigenvalue weighted by Crippen LogP contribution is -2.39. The van der Waals surface area contributed by atoms with Gasteiger partial charge in [0.15, 0.2) is 0 Å². The van der Waals surface area contributed by atoms with Crippen LogP contribution < -0.4 is 5.32 Å². The number of likely N-dealkylation sites (tertiary alicyclic amines) is 1. The second-order valence-electron chi connectivity index (χ2n) is 6.29. The van der Waals surface area contributed by atoms with Gasteiger partial charge in [-0.05, 0) is 36.6 Å². The molecule has 8 heteroatoms. The smallest absolute Gasteiger partial charge is 0.270 e. The number of carbonyl (C=O) groups is 2. The van der Waals surface area contributed by atoms with Crippen molar-refractivity contribution in [1.29, 1.82) is 0 Å². The molecule has 1 atom stereocenters. The first kappa shape index (κ1) is 18.8. The number of hydrogen-bond acceptors (Lipinski definition) is 4. The molecule has 140 valence electrons. The van der Waals surface area contributed by atoms with E-state index >= 15 is 0 Å². The van der Waals surface area contributed by atoms with E-state index in [2.05, 4.69) is 5.32 Å². The summed E-state index contributed by atoms with van der Waals surface area (Å²) in [6, 6.07) is 12.8. The van der Waals surface area contributed by atoms with Crippen molar-refractivity contribution in [3.63, 3.8) is 0 Å². The first-order valence-electron chi connectivity index (χ1n) is 8.53. The van der Waals surface area contributed by atoms with Gasteiger partial charge in [-0.3, -0.25) is 19.7 Å². The highest BCUT2D eigenvalue weighted by molar-refractivity contribution is 6.30. The van der Waals surface area contributed by atoms with Crippen LogP contribution >= 0.6 is 11.6 Å². The van der Waals surface area contributed by atoms with E-state index in [4.69, 9.17) is 11.6 Å². The summed E-state index contributed by atoms with van der Waals surface area (Å²) >= 11 is 5.92. The van der Waals surface area contributed by atoms with Crippen molar-refractivity contribution in [2.45, 2.75) is 18.9 Å². The molecule has 3 rings (SSSR count). The van der Waals surface area contributed by atoms with E-state index in [9.17, 15) is 19.7 Å². The summed E-state index contributed by atoms with van der Waals surface area (Å²) in [4.78, 5) is 36.8. The van der Waals surface area contributed by atoms with Gasteiger partial charge in [-0.15, -0.1) is 0 Å². The van der Waals surface area contributed by atoms with Crippen molar-refractivity contribution >= 4 is 29.1 Å². The molecule has 7 nitrogen and oxygen atoms in total. The molecule has 27 heavy (non-hydrogen) atoms. The summed E-state index contributed by atoms with van der Waals surface area (Å²) in [7, 11) is 0. The number of rotatable bonds is 5. The van der Waals surface area contributed by atoms with E-state index in [1.165, 1.54) is 24.3 Å². The molecule has 2 amide bonds. The van der Waals surface area contributed by atoms with E-state index in [-0.39, 0.29) is 29.7 Å². The summed E-state index contributed by atoms with van der Waals surface area (Å²) in [6.45, 7) is 0.463. The molecule has 0 saturated carbocycles. The van der Waals surface area contributed by atoms with Crippen LogP contribution in [0.3, 0.4) is 0 Å². The van der Waals surface area contributed by atoms with Crippen molar-refractivity contribution < 1.29 is 14.5 Å². The first-order valence-corrected chi connectivity index (χ1v) is 8.91. The van der Waals surface area contributed by atoms with E-state index < -0.39 is 10.8 Å². The minimum Gasteiger partial charge on any atom is -0.343 e. The standard InChI is InChI=1S/C19H18ClN3O4/c20-15-8-6-13(7-9-15)17-5-2-10-22(17)18(24)12-21-19(25)14-3-1-4-16(11-14)23(26)27/h1,3-4,6-9,11,17H,2,5,10,12H2,(H,21,25). The highest BCUT2D eigenvalue weighted by Gasteiger charge is 2.29. The van der Waals surface area contributed by atoms with E-state index in [1.807, 2.05) is 12.1 Å². The Morgan fingerprint density at radius 3 is 2.67 bits per heavy atom. The van der Waals surface area contributed by atoms with Gasteiger partial charge in [0, 0.05) is 29.3 Å². The van der Waals surface area contributed by atoms with Crippen molar-refractivity contribution in [3.8, 4) is 0 Å². The lowest BCUT2D eigenvalue weighted by Gasteiger charge is -2.25. The van der Waals surface area contributed by atoms with Gasteiger partial charge in [-0.25, -0.2) is 0 Å². The van der Waals surface area contributed by atoms with Gasteiger partial charge in [-0.2, -0.15) is 0 Å². The van der Waals surface area contributed by atoms with Gasteiger partial charge in [0.1, 0.15) is 0 Å². The first-order chi connectivity index (χ1) is 13.0. The predicted molar refractivity (Wildman–Crippen MR) is 101 cm³/mol. The fourth-order valence-corrected chi connectivity index (χ4v) is 3.34. The third kappa shape index (κ3) is 4.43. The molecular weight excluding hydrogens is 370 g/mol. The highest BCUT2D eigenvalue weighted by Crippen LogP contribution is 2.32. The number of nitrogens with zero attached hydrogens (tertiary/aromatic N) is 2. The zero-order chi connectivity index (χ0) is 19.4. The number of halogens is 1. The number of non-ortho nitro benzene ring substituents is 1. The Kier molecular flexibility index (Phi) is 5.71. The van der Waals surface area contributed by atoms with Crippen molar-refractivity contribution in [2.24, 2.45) is 0 Å². The molecule has 0 spiro atoms. The maximum absolute atomic E-state index is 12.6. The fraction of sp³-hybridized carbons (Fsp3) is 0.263. The number of carbonyl (C=O) groups excluding carboxylic acids is 2. The van der Waals surface area contributed by atoms with E-state index in [0.29, 0.717) is 11.6 Å². The minimum atomic E-state index is -0.567. The van der Waals surface area contributed by atoms with Crippen molar-refractivity contribution in [3.05, 3.63) is 74.8 Å². The Morgan fingerprint density at radius 1 is 1.22 bits per heavy atom. The van der Waals surface area contributed by atoms with Gasteiger partial charge >= 0.3 is 0 Å². The van der Waals surface area contributed by atoms with E-state index in [0.717, 1.165) is 18.4 Å². The summed E-state index contributed by atoms with van der Waals surface area (Å²) in [5.41, 5.74) is 0.985. The molecular formula is C19H18ClN3O4. The SMILES string of the molecule is O=C(NCC(=O)N1CCCC1c1ccc(Cl)cc1)c1cccc([N+](=O)[O-])c1. The Labute approximate surface area is 161 Å². The van der Waals surface area contributed by atoms with E-state index in [1.54, 1.807) is 17.0 Å². The summed E-state index contributed by atoms with van der Waals surface area (Å²) in [5, 5.41) is 14.0. The highest BCUT2D eigenvalue weighted by atomic mass is 35.5. The monoisotopic (exact) mass is 387 g/mol. The zero-order valence-corrected chi connectivity index (χ0v) is 15.2. The molecule has 2 aromatic carbocycles. The van der Waals surface area contributed by atoms with Crippen LogP contribution in [0.1, 0.15) is 34.8 Å². The van der Waals surface area contributed by atoms with Gasteiger partial charge in [0.05, 0.1) is 17.5 Å². The Morgan fingerprint density at radius 2 is 1.96 bits per heavy atom. The molecule has 0 radical (unpaired) electrons. The zero-order valence-electron chi connectivity index (χ0n) is 14.4. The average molecular weight is 388 g/mol. The second-order valence-corrected chi connectivity index (χ2v) is 6.72. The topological polar surface area (TPSA) is 92.6 Å². The van der Waals surface area contributed by atoms with Crippen LogP contribution in [0.4, 0.5) is 5.69 Å². The number of nitro benzene ring substituents is 1. The number of nitrogens with one attached hydrogen (secondary N) is 1.